The maximum atomic E-state index is 10.4. The lowest BCUT2D eigenvalue weighted by atomic mass is 10.1. The molecule has 0 saturated carbocycles. The van der Waals surface area contributed by atoms with Crippen LogP contribution in [0.25, 0.3) is 0 Å². The standard InChI is InChI=1S/C15H16N2O4/c1-19-14-6-4-11(16-17-14)15(18)10-3-5-12-13(9-10)21-8-2-7-20-12/h3-6,9,15,18H,2,7-8H2,1H3. The number of benzene rings is 1. The molecule has 1 aliphatic heterocycles. The zero-order valence-electron chi connectivity index (χ0n) is 11.7. The van der Waals surface area contributed by atoms with Gasteiger partial charge in [-0.1, -0.05) is 6.07 Å². The highest BCUT2D eigenvalue weighted by Gasteiger charge is 2.17. The monoisotopic (exact) mass is 288 g/mol. The van der Waals surface area contributed by atoms with E-state index < -0.39 is 6.10 Å². The van der Waals surface area contributed by atoms with Gasteiger partial charge in [0, 0.05) is 12.5 Å². The molecule has 0 saturated heterocycles. The first-order valence-corrected chi connectivity index (χ1v) is 6.73. The fourth-order valence-corrected chi connectivity index (χ4v) is 2.11. The Labute approximate surface area is 122 Å². The van der Waals surface area contributed by atoms with Crippen molar-refractivity contribution in [1.29, 1.82) is 0 Å². The molecule has 1 atom stereocenters. The minimum Gasteiger partial charge on any atom is -0.490 e. The molecule has 2 heterocycles. The Kier molecular flexibility index (Phi) is 3.87. The molecule has 6 heteroatoms. The lowest BCUT2D eigenvalue weighted by molar-refractivity contribution is 0.212. The summed E-state index contributed by atoms with van der Waals surface area (Å²) in [6.07, 6.45) is -0.0307. The maximum Gasteiger partial charge on any atom is 0.233 e. The van der Waals surface area contributed by atoms with Crippen molar-refractivity contribution in [1.82, 2.24) is 10.2 Å². The van der Waals surface area contributed by atoms with Crippen molar-refractivity contribution in [3.63, 3.8) is 0 Å². The number of hydrogen-bond acceptors (Lipinski definition) is 6. The quantitative estimate of drug-likeness (QED) is 0.927. The maximum absolute atomic E-state index is 10.4. The van der Waals surface area contributed by atoms with Gasteiger partial charge in [0.15, 0.2) is 11.5 Å². The molecule has 1 aromatic carbocycles. The summed E-state index contributed by atoms with van der Waals surface area (Å²) < 4.78 is 16.1. The van der Waals surface area contributed by atoms with Crippen LogP contribution >= 0.6 is 0 Å². The molecule has 6 nitrogen and oxygen atoms in total. The number of rotatable bonds is 3. The van der Waals surface area contributed by atoms with E-state index in [1.165, 1.54) is 7.11 Å². The molecule has 110 valence electrons. The molecule has 0 bridgehead atoms. The van der Waals surface area contributed by atoms with Gasteiger partial charge in [0.25, 0.3) is 0 Å². The van der Waals surface area contributed by atoms with E-state index in [1.54, 1.807) is 30.3 Å². The van der Waals surface area contributed by atoms with Crippen LogP contribution in [0.15, 0.2) is 30.3 Å². The molecule has 2 aromatic rings. The molecule has 0 aliphatic carbocycles. The molecule has 0 amide bonds. The Morgan fingerprint density at radius 3 is 2.62 bits per heavy atom. The third kappa shape index (κ3) is 2.90. The van der Waals surface area contributed by atoms with Crippen LogP contribution in [-0.4, -0.2) is 35.6 Å². The van der Waals surface area contributed by atoms with Crippen molar-refractivity contribution in [2.45, 2.75) is 12.5 Å². The minimum atomic E-state index is -0.874. The summed E-state index contributed by atoms with van der Waals surface area (Å²) in [5.74, 6) is 1.75. The Morgan fingerprint density at radius 2 is 1.90 bits per heavy atom. The normalized spacial score (nSPS) is 15.1. The first-order chi connectivity index (χ1) is 10.3. The van der Waals surface area contributed by atoms with Gasteiger partial charge in [0.1, 0.15) is 6.10 Å². The number of aliphatic hydroxyl groups excluding tert-OH is 1. The van der Waals surface area contributed by atoms with Crippen LogP contribution in [0.2, 0.25) is 0 Å². The number of aliphatic hydroxyl groups is 1. The number of ether oxygens (including phenoxy) is 3. The number of methoxy groups -OCH3 is 1. The Hall–Kier alpha value is -2.34. The largest absolute Gasteiger partial charge is 0.490 e. The fourth-order valence-electron chi connectivity index (χ4n) is 2.11. The summed E-state index contributed by atoms with van der Waals surface area (Å²) in [6, 6.07) is 8.71. The number of hydrogen-bond donors (Lipinski definition) is 1. The molecule has 3 rings (SSSR count). The predicted octanol–water partition coefficient (Wildman–Crippen LogP) is 1.73. The molecular formula is C15H16N2O4. The van der Waals surface area contributed by atoms with Gasteiger partial charge in [-0.15, -0.1) is 10.2 Å². The average molecular weight is 288 g/mol. The highest BCUT2D eigenvalue weighted by atomic mass is 16.5. The zero-order valence-corrected chi connectivity index (χ0v) is 11.7. The third-order valence-corrected chi connectivity index (χ3v) is 3.24. The topological polar surface area (TPSA) is 73.7 Å². The Balaban J connectivity index is 1.86. The van der Waals surface area contributed by atoms with Gasteiger partial charge in [-0.3, -0.25) is 0 Å². The van der Waals surface area contributed by atoms with Crippen LogP contribution in [0.4, 0.5) is 0 Å². The van der Waals surface area contributed by atoms with Gasteiger partial charge in [-0.2, -0.15) is 0 Å². The Bertz CT molecular complexity index is 616. The lowest BCUT2D eigenvalue weighted by Gasteiger charge is -2.13. The molecule has 21 heavy (non-hydrogen) atoms. The molecule has 1 N–H and O–H groups in total. The van der Waals surface area contributed by atoms with Crippen molar-refractivity contribution in [3.05, 3.63) is 41.6 Å². The summed E-state index contributed by atoms with van der Waals surface area (Å²) >= 11 is 0. The van der Waals surface area contributed by atoms with Crippen molar-refractivity contribution in [2.24, 2.45) is 0 Å². The van der Waals surface area contributed by atoms with Crippen LogP contribution in [0, 0.1) is 0 Å². The van der Waals surface area contributed by atoms with E-state index in [9.17, 15) is 5.11 Å². The lowest BCUT2D eigenvalue weighted by Crippen LogP contribution is -2.05. The van der Waals surface area contributed by atoms with Gasteiger partial charge in [-0.25, -0.2) is 0 Å². The van der Waals surface area contributed by atoms with E-state index in [1.807, 2.05) is 0 Å². The highest BCUT2D eigenvalue weighted by molar-refractivity contribution is 5.45. The molecule has 1 unspecified atom stereocenters. The van der Waals surface area contributed by atoms with E-state index >= 15 is 0 Å². The van der Waals surface area contributed by atoms with E-state index in [2.05, 4.69) is 10.2 Å². The molecule has 0 spiro atoms. The van der Waals surface area contributed by atoms with Gasteiger partial charge < -0.3 is 19.3 Å². The summed E-state index contributed by atoms with van der Waals surface area (Å²) in [4.78, 5) is 0. The predicted molar refractivity (Wildman–Crippen MR) is 74.7 cm³/mol. The first-order valence-electron chi connectivity index (χ1n) is 6.73. The summed E-state index contributed by atoms with van der Waals surface area (Å²) in [6.45, 7) is 1.24. The highest BCUT2D eigenvalue weighted by Crippen LogP contribution is 2.33. The molecule has 0 fully saturated rings. The van der Waals surface area contributed by atoms with E-state index in [0.717, 1.165) is 6.42 Å². The number of aromatic nitrogens is 2. The smallest absolute Gasteiger partial charge is 0.233 e. The molecular weight excluding hydrogens is 272 g/mol. The van der Waals surface area contributed by atoms with Crippen LogP contribution in [0.5, 0.6) is 17.4 Å². The second-order valence-corrected chi connectivity index (χ2v) is 4.66. The molecule has 0 radical (unpaired) electrons. The Morgan fingerprint density at radius 1 is 1.10 bits per heavy atom. The van der Waals surface area contributed by atoms with Crippen LogP contribution in [0.3, 0.4) is 0 Å². The molecule has 1 aliphatic rings. The first kappa shape index (κ1) is 13.6. The van der Waals surface area contributed by atoms with E-state index in [4.69, 9.17) is 14.2 Å². The zero-order chi connectivity index (χ0) is 14.7. The van der Waals surface area contributed by atoms with Gasteiger partial charge >= 0.3 is 0 Å². The van der Waals surface area contributed by atoms with E-state index in [0.29, 0.717) is 41.9 Å². The number of fused-ring (bicyclic) bond motifs is 1. The van der Waals surface area contributed by atoms with Crippen LogP contribution in [0.1, 0.15) is 23.8 Å². The van der Waals surface area contributed by atoms with Crippen molar-refractivity contribution >= 4 is 0 Å². The van der Waals surface area contributed by atoms with Crippen molar-refractivity contribution in [2.75, 3.05) is 20.3 Å². The van der Waals surface area contributed by atoms with Gasteiger partial charge in [0.2, 0.25) is 5.88 Å². The minimum absolute atomic E-state index is 0.407. The van der Waals surface area contributed by atoms with Crippen molar-refractivity contribution < 1.29 is 19.3 Å². The summed E-state index contributed by atoms with van der Waals surface area (Å²) in [5.41, 5.74) is 1.13. The van der Waals surface area contributed by atoms with Crippen LogP contribution < -0.4 is 14.2 Å². The number of nitrogens with zero attached hydrogens (tertiary/aromatic N) is 2. The third-order valence-electron chi connectivity index (χ3n) is 3.24. The molecule has 1 aromatic heterocycles. The van der Waals surface area contributed by atoms with Gasteiger partial charge in [-0.05, 0) is 23.8 Å². The van der Waals surface area contributed by atoms with Gasteiger partial charge in [0.05, 0.1) is 26.0 Å². The SMILES string of the molecule is COc1ccc(C(O)c2ccc3c(c2)OCCCO3)nn1. The van der Waals surface area contributed by atoms with E-state index in [-0.39, 0.29) is 0 Å². The average Bonchev–Trinajstić information content (AvgIpc) is 2.79. The second-order valence-electron chi connectivity index (χ2n) is 4.66. The van der Waals surface area contributed by atoms with Crippen LogP contribution in [-0.2, 0) is 0 Å². The summed E-state index contributed by atoms with van der Waals surface area (Å²) in [5, 5.41) is 18.2. The fraction of sp³-hybridized carbons (Fsp3) is 0.333. The second kappa shape index (κ2) is 5.97. The van der Waals surface area contributed by atoms with Crippen molar-refractivity contribution in [3.8, 4) is 17.4 Å². The summed E-state index contributed by atoms with van der Waals surface area (Å²) in [7, 11) is 1.52.